The molecule has 0 aliphatic carbocycles. The van der Waals surface area contributed by atoms with Crippen LogP contribution in [0, 0.1) is 5.92 Å². The number of piperidine rings is 1. The molecule has 2 nitrogen and oxygen atoms in total. The lowest BCUT2D eigenvalue weighted by molar-refractivity contribution is -0.0186. The molecule has 1 heterocycles. The van der Waals surface area contributed by atoms with Gasteiger partial charge in [-0.05, 0) is 62.7 Å². The second-order valence-corrected chi connectivity index (χ2v) is 5.97. The molecule has 2 rings (SSSR count). The molecule has 1 aromatic carbocycles. The van der Waals surface area contributed by atoms with E-state index in [0.29, 0.717) is 5.92 Å². The summed E-state index contributed by atoms with van der Waals surface area (Å²) in [5, 5.41) is 14.2. The Morgan fingerprint density at radius 2 is 1.84 bits per heavy atom. The average Bonchev–Trinajstić information content (AvgIpc) is 2.46. The highest BCUT2D eigenvalue weighted by Crippen LogP contribution is 2.34. The third kappa shape index (κ3) is 3.58. The van der Waals surface area contributed by atoms with Crippen molar-refractivity contribution in [1.82, 2.24) is 5.32 Å². The molecule has 2 N–H and O–H groups in total. The van der Waals surface area contributed by atoms with Crippen molar-refractivity contribution in [3.05, 3.63) is 35.4 Å². The monoisotopic (exact) mass is 261 g/mol. The van der Waals surface area contributed by atoms with Gasteiger partial charge in [0.1, 0.15) is 0 Å². The van der Waals surface area contributed by atoms with Gasteiger partial charge in [0.15, 0.2) is 0 Å². The third-order valence-electron chi connectivity index (χ3n) is 4.49. The normalized spacial score (nSPS) is 20.2. The summed E-state index contributed by atoms with van der Waals surface area (Å²) >= 11 is 0. The molecule has 2 heteroatoms. The maximum atomic E-state index is 10.8. The van der Waals surface area contributed by atoms with Crippen LogP contribution in [0.3, 0.4) is 0 Å². The zero-order valence-corrected chi connectivity index (χ0v) is 12.3. The highest BCUT2D eigenvalue weighted by molar-refractivity contribution is 5.27. The van der Waals surface area contributed by atoms with E-state index < -0.39 is 5.60 Å². The van der Waals surface area contributed by atoms with Crippen molar-refractivity contribution in [3.63, 3.8) is 0 Å². The number of aliphatic hydroxyl groups is 1. The first kappa shape index (κ1) is 14.5. The quantitative estimate of drug-likeness (QED) is 0.853. The number of nitrogens with one attached hydrogen (secondary N) is 1. The van der Waals surface area contributed by atoms with Gasteiger partial charge in [0, 0.05) is 0 Å². The molecule has 106 valence electrons. The minimum atomic E-state index is -0.689. The van der Waals surface area contributed by atoms with Gasteiger partial charge in [0.25, 0.3) is 0 Å². The Morgan fingerprint density at radius 1 is 1.21 bits per heavy atom. The van der Waals surface area contributed by atoms with Crippen LogP contribution in [0.5, 0.6) is 0 Å². The van der Waals surface area contributed by atoms with Gasteiger partial charge in [-0.15, -0.1) is 0 Å². The summed E-state index contributed by atoms with van der Waals surface area (Å²) in [5.41, 5.74) is 1.76. The standard InChI is InChI=1S/C17H27NO/c1-3-4-5-14-6-8-15(9-7-14)17(2,19)16-10-12-18-13-11-16/h6-9,16,18-19H,3-5,10-13H2,1-2H3. The van der Waals surface area contributed by atoms with Crippen LogP contribution in [0.25, 0.3) is 0 Å². The van der Waals surface area contributed by atoms with Crippen molar-refractivity contribution in [3.8, 4) is 0 Å². The minimum Gasteiger partial charge on any atom is -0.385 e. The van der Waals surface area contributed by atoms with Crippen LogP contribution in [0.1, 0.15) is 50.7 Å². The fourth-order valence-corrected chi connectivity index (χ4v) is 3.01. The van der Waals surface area contributed by atoms with E-state index in [4.69, 9.17) is 0 Å². The summed E-state index contributed by atoms with van der Waals surface area (Å²) in [7, 11) is 0. The van der Waals surface area contributed by atoms with Gasteiger partial charge in [-0.1, -0.05) is 37.6 Å². The Morgan fingerprint density at radius 3 is 2.42 bits per heavy atom. The van der Waals surface area contributed by atoms with Crippen molar-refractivity contribution in [2.45, 2.75) is 51.6 Å². The molecule has 0 spiro atoms. The van der Waals surface area contributed by atoms with Crippen LogP contribution in [0.2, 0.25) is 0 Å². The Hall–Kier alpha value is -0.860. The molecule has 0 bridgehead atoms. The molecule has 1 atom stereocenters. The molecule has 1 aromatic rings. The molecular weight excluding hydrogens is 234 g/mol. The van der Waals surface area contributed by atoms with E-state index in [-0.39, 0.29) is 0 Å². The summed E-state index contributed by atoms with van der Waals surface area (Å²) in [5.74, 6) is 0.371. The van der Waals surface area contributed by atoms with Crippen molar-refractivity contribution < 1.29 is 5.11 Å². The molecule has 0 aromatic heterocycles. The number of aryl methyl sites for hydroxylation is 1. The molecule has 1 aliphatic heterocycles. The first-order valence-corrected chi connectivity index (χ1v) is 7.67. The molecule has 1 saturated heterocycles. The van der Waals surface area contributed by atoms with Gasteiger partial charge in [0.05, 0.1) is 5.60 Å². The lowest BCUT2D eigenvalue weighted by Gasteiger charge is -2.36. The van der Waals surface area contributed by atoms with Crippen LogP contribution in [0.15, 0.2) is 24.3 Å². The summed E-state index contributed by atoms with van der Waals surface area (Å²) < 4.78 is 0. The highest BCUT2D eigenvalue weighted by Gasteiger charge is 2.34. The third-order valence-corrected chi connectivity index (χ3v) is 4.49. The molecule has 0 saturated carbocycles. The number of rotatable bonds is 5. The second kappa shape index (κ2) is 6.53. The van der Waals surface area contributed by atoms with Gasteiger partial charge < -0.3 is 10.4 Å². The van der Waals surface area contributed by atoms with Crippen molar-refractivity contribution in [2.24, 2.45) is 5.92 Å². The lowest BCUT2D eigenvalue weighted by Crippen LogP contribution is -2.39. The molecule has 19 heavy (non-hydrogen) atoms. The number of hydrogen-bond acceptors (Lipinski definition) is 2. The van der Waals surface area contributed by atoms with Gasteiger partial charge in [-0.2, -0.15) is 0 Å². The number of hydrogen-bond donors (Lipinski definition) is 2. The van der Waals surface area contributed by atoms with Crippen molar-refractivity contribution >= 4 is 0 Å². The Bertz CT molecular complexity index is 377. The Balaban J connectivity index is 2.06. The summed E-state index contributed by atoms with van der Waals surface area (Å²) in [6, 6.07) is 8.60. The lowest BCUT2D eigenvalue weighted by atomic mass is 9.77. The fourth-order valence-electron chi connectivity index (χ4n) is 3.01. The molecule has 0 radical (unpaired) electrons. The van der Waals surface area contributed by atoms with Gasteiger partial charge in [0.2, 0.25) is 0 Å². The Labute approximate surface area is 117 Å². The maximum absolute atomic E-state index is 10.8. The predicted molar refractivity (Wildman–Crippen MR) is 80.2 cm³/mol. The fraction of sp³-hybridized carbons (Fsp3) is 0.647. The van der Waals surface area contributed by atoms with Crippen LogP contribution >= 0.6 is 0 Å². The van der Waals surface area contributed by atoms with Gasteiger partial charge in [-0.25, -0.2) is 0 Å². The SMILES string of the molecule is CCCCc1ccc(C(C)(O)C2CCNCC2)cc1. The van der Waals surface area contributed by atoms with Crippen LogP contribution in [-0.2, 0) is 12.0 Å². The zero-order valence-electron chi connectivity index (χ0n) is 12.3. The van der Waals surface area contributed by atoms with E-state index >= 15 is 0 Å². The van der Waals surface area contributed by atoms with E-state index in [1.807, 2.05) is 6.92 Å². The van der Waals surface area contributed by atoms with Gasteiger partial charge in [-0.3, -0.25) is 0 Å². The topological polar surface area (TPSA) is 32.3 Å². The first-order chi connectivity index (χ1) is 9.14. The van der Waals surface area contributed by atoms with E-state index in [1.165, 1.54) is 18.4 Å². The molecule has 1 unspecified atom stereocenters. The average molecular weight is 261 g/mol. The number of unbranched alkanes of at least 4 members (excludes halogenated alkanes) is 1. The largest absolute Gasteiger partial charge is 0.385 e. The summed E-state index contributed by atoms with van der Waals surface area (Å²) in [6.07, 6.45) is 5.74. The van der Waals surface area contributed by atoms with E-state index in [9.17, 15) is 5.11 Å². The van der Waals surface area contributed by atoms with E-state index in [1.54, 1.807) is 0 Å². The highest BCUT2D eigenvalue weighted by atomic mass is 16.3. The Kier molecular flexibility index (Phi) is 5.00. The number of benzene rings is 1. The van der Waals surface area contributed by atoms with Crippen LogP contribution in [-0.4, -0.2) is 18.2 Å². The molecular formula is C17H27NO. The smallest absolute Gasteiger partial charge is 0.0897 e. The van der Waals surface area contributed by atoms with Crippen molar-refractivity contribution in [2.75, 3.05) is 13.1 Å². The second-order valence-electron chi connectivity index (χ2n) is 5.97. The van der Waals surface area contributed by atoms with E-state index in [0.717, 1.165) is 37.9 Å². The maximum Gasteiger partial charge on any atom is 0.0897 e. The summed E-state index contributed by atoms with van der Waals surface area (Å²) in [6.45, 7) is 6.24. The molecule has 1 fully saturated rings. The van der Waals surface area contributed by atoms with Crippen molar-refractivity contribution in [1.29, 1.82) is 0 Å². The van der Waals surface area contributed by atoms with Crippen LogP contribution < -0.4 is 5.32 Å². The first-order valence-electron chi connectivity index (χ1n) is 7.67. The predicted octanol–water partition coefficient (Wildman–Crippen LogP) is 3.24. The molecule has 0 amide bonds. The van der Waals surface area contributed by atoms with Crippen LogP contribution in [0.4, 0.5) is 0 Å². The minimum absolute atomic E-state index is 0.371. The summed E-state index contributed by atoms with van der Waals surface area (Å²) in [4.78, 5) is 0. The molecule has 1 aliphatic rings. The van der Waals surface area contributed by atoms with Gasteiger partial charge >= 0.3 is 0 Å². The van der Waals surface area contributed by atoms with E-state index in [2.05, 4.69) is 36.5 Å². The zero-order chi connectivity index (χ0) is 13.7.